The molecule has 0 saturated carbocycles. The zero-order valence-corrected chi connectivity index (χ0v) is 16.5. The van der Waals surface area contributed by atoms with E-state index < -0.39 is 0 Å². The Balaban J connectivity index is 1.91. The molecule has 0 spiro atoms. The summed E-state index contributed by atoms with van der Waals surface area (Å²) in [6.45, 7) is 5.96. The Morgan fingerprint density at radius 2 is 1.63 bits per heavy atom. The lowest BCUT2D eigenvalue weighted by molar-refractivity contribution is 0.425. The van der Waals surface area contributed by atoms with E-state index in [-0.39, 0.29) is 0 Å². The Kier molecular flexibility index (Phi) is 6.04. The Hall–Kier alpha value is -2.92. The summed E-state index contributed by atoms with van der Waals surface area (Å²) in [5.74, 6) is 2.30. The first kappa shape index (κ1) is 18.9. The van der Waals surface area contributed by atoms with Gasteiger partial charge < -0.3 is 15.5 Å². The summed E-state index contributed by atoms with van der Waals surface area (Å²) in [5.41, 5.74) is 4.49. The molecule has 5 heteroatoms. The fourth-order valence-corrected chi connectivity index (χ4v) is 2.82. The second kappa shape index (κ2) is 8.64. The second-order valence-corrected chi connectivity index (χ2v) is 7.00. The zero-order valence-electron chi connectivity index (χ0n) is 16.5. The predicted molar refractivity (Wildman–Crippen MR) is 114 cm³/mol. The van der Waals surface area contributed by atoms with Crippen molar-refractivity contribution < 1.29 is 0 Å². The van der Waals surface area contributed by atoms with Crippen LogP contribution in [-0.2, 0) is 0 Å². The molecule has 1 aromatic heterocycles. The summed E-state index contributed by atoms with van der Waals surface area (Å²) in [5, 5.41) is 6.85. The molecule has 1 heterocycles. The molecule has 0 aliphatic heterocycles. The standard InChI is InChI=1S/C22H27N5/c1-16-10-11-19(17(2)14-16)24-21-15-20(23-12-13-27(3)4)25-22(26-21)18-8-6-5-7-9-18/h5-11,14-15H,12-13H2,1-4H3,(H2,23,24,25,26). The van der Waals surface area contributed by atoms with E-state index in [4.69, 9.17) is 9.97 Å². The van der Waals surface area contributed by atoms with Crippen molar-refractivity contribution in [3.05, 3.63) is 65.7 Å². The van der Waals surface area contributed by atoms with E-state index in [1.807, 2.05) is 36.4 Å². The van der Waals surface area contributed by atoms with Crippen molar-refractivity contribution in [3.63, 3.8) is 0 Å². The van der Waals surface area contributed by atoms with Gasteiger partial charge in [0.25, 0.3) is 0 Å². The highest BCUT2D eigenvalue weighted by Gasteiger charge is 2.08. The van der Waals surface area contributed by atoms with Gasteiger partial charge in [0.1, 0.15) is 11.6 Å². The van der Waals surface area contributed by atoms with Crippen LogP contribution in [0.15, 0.2) is 54.6 Å². The Morgan fingerprint density at radius 3 is 2.33 bits per heavy atom. The van der Waals surface area contributed by atoms with E-state index in [0.717, 1.165) is 36.0 Å². The van der Waals surface area contributed by atoms with E-state index in [1.54, 1.807) is 0 Å². The van der Waals surface area contributed by atoms with Crippen LogP contribution in [0, 0.1) is 13.8 Å². The fourth-order valence-electron chi connectivity index (χ4n) is 2.82. The lowest BCUT2D eigenvalue weighted by Crippen LogP contribution is -2.21. The average molecular weight is 361 g/mol. The molecule has 0 aliphatic carbocycles. The molecule has 3 rings (SSSR count). The van der Waals surface area contributed by atoms with Gasteiger partial charge in [-0.05, 0) is 39.6 Å². The van der Waals surface area contributed by atoms with Crippen molar-refractivity contribution in [2.24, 2.45) is 0 Å². The van der Waals surface area contributed by atoms with Crippen LogP contribution in [0.4, 0.5) is 17.3 Å². The number of hydrogen-bond donors (Lipinski definition) is 2. The second-order valence-electron chi connectivity index (χ2n) is 7.00. The van der Waals surface area contributed by atoms with Gasteiger partial charge in [-0.2, -0.15) is 0 Å². The fraction of sp³-hybridized carbons (Fsp3) is 0.273. The zero-order chi connectivity index (χ0) is 19.2. The van der Waals surface area contributed by atoms with Gasteiger partial charge in [0.05, 0.1) is 0 Å². The highest BCUT2D eigenvalue weighted by atomic mass is 15.1. The van der Waals surface area contributed by atoms with E-state index in [0.29, 0.717) is 5.82 Å². The summed E-state index contributed by atoms with van der Waals surface area (Å²) in [4.78, 5) is 11.6. The normalized spacial score (nSPS) is 10.9. The van der Waals surface area contributed by atoms with Crippen LogP contribution < -0.4 is 10.6 Å². The van der Waals surface area contributed by atoms with Gasteiger partial charge >= 0.3 is 0 Å². The SMILES string of the molecule is Cc1ccc(Nc2cc(NCCN(C)C)nc(-c3ccccc3)n2)c(C)c1. The molecule has 0 atom stereocenters. The molecule has 0 aliphatic rings. The number of nitrogens with zero attached hydrogens (tertiary/aromatic N) is 3. The smallest absolute Gasteiger partial charge is 0.163 e. The molecule has 0 unspecified atom stereocenters. The van der Waals surface area contributed by atoms with Gasteiger partial charge in [-0.25, -0.2) is 9.97 Å². The van der Waals surface area contributed by atoms with Gasteiger partial charge in [-0.15, -0.1) is 0 Å². The van der Waals surface area contributed by atoms with Crippen LogP contribution in [-0.4, -0.2) is 42.1 Å². The third-order valence-corrected chi connectivity index (χ3v) is 4.27. The molecule has 3 aromatic rings. The van der Waals surface area contributed by atoms with Crippen LogP contribution >= 0.6 is 0 Å². The number of aryl methyl sites for hydroxylation is 2. The van der Waals surface area contributed by atoms with Crippen molar-refractivity contribution >= 4 is 17.3 Å². The highest BCUT2D eigenvalue weighted by molar-refractivity contribution is 5.66. The Morgan fingerprint density at radius 1 is 0.889 bits per heavy atom. The molecule has 2 aromatic carbocycles. The third-order valence-electron chi connectivity index (χ3n) is 4.27. The predicted octanol–water partition coefficient (Wildman–Crippen LogP) is 4.48. The van der Waals surface area contributed by atoms with Crippen LogP contribution in [0.3, 0.4) is 0 Å². The molecule has 140 valence electrons. The van der Waals surface area contributed by atoms with Crippen LogP contribution in [0.2, 0.25) is 0 Å². The number of likely N-dealkylation sites (N-methyl/N-ethyl adjacent to an activating group) is 1. The van der Waals surface area contributed by atoms with Gasteiger partial charge in [-0.1, -0.05) is 48.0 Å². The maximum Gasteiger partial charge on any atom is 0.163 e. The number of aromatic nitrogens is 2. The molecule has 0 bridgehead atoms. The first-order valence-corrected chi connectivity index (χ1v) is 9.18. The number of hydrogen-bond acceptors (Lipinski definition) is 5. The highest BCUT2D eigenvalue weighted by Crippen LogP contribution is 2.24. The lowest BCUT2D eigenvalue weighted by Gasteiger charge is -2.14. The minimum atomic E-state index is 0.706. The molecular formula is C22H27N5. The first-order chi connectivity index (χ1) is 13.0. The monoisotopic (exact) mass is 361 g/mol. The van der Waals surface area contributed by atoms with Gasteiger partial charge in [0, 0.05) is 30.4 Å². The van der Waals surface area contributed by atoms with Crippen molar-refractivity contribution in [3.8, 4) is 11.4 Å². The van der Waals surface area contributed by atoms with Crippen LogP contribution in [0.1, 0.15) is 11.1 Å². The van der Waals surface area contributed by atoms with Gasteiger partial charge in [-0.3, -0.25) is 0 Å². The molecule has 27 heavy (non-hydrogen) atoms. The maximum atomic E-state index is 4.73. The van der Waals surface area contributed by atoms with E-state index >= 15 is 0 Å². The topological polar surface area (TPSA) is 53.1 Å². The molecule has 0 radical (unpaired) electrons. The molecule has 0 amide bonds. The minimum Gasteiger partial charge on any atom is -0.369 e. The largest absolute Gasteiger partial charge is 0.369 e. The molecular weight excluding hydrogens is 334 g/mol. The van der Waals surface area contributed by atoms with Crippen LogP contribution in [0.25, 0.3) is 11.4 Å². The maximum absolute atomic E-state index is 4.73. The average Bonchev–Trinajstić information content (AvgIpc) is 2.64. The number of anilines is 3. The summed E-state index contributed by atoms with van der Waals surface area (Å²) in [7, 11) is 4.12. The van der Waals surface area contributed by atoms with Crippen molar-refractivity contribution in [2.75, 3.05) is 37.8 Å². The van der Waals surface area contributed by atoms with Crippen molar-refractivity contribution in [1.29, 1.82) is 0 Å². The lowest BCUT2D eigenvalue weighted by atomic mass is 10.1. The molecule has 0 saturated heterocycles. The van der Waals surface area contributed by atoms with Gasteiger partial charge in [0.2, 0.25) is 0 Å². The molecule has 2 N–H and O–H groups in total. The van der Waals surface area contributed by atoms with E-state index in [9.17, 15) is 0 Å². The number of nitrogens with one attached hydrogen (secondary N) is 2. The van der Waals surface area contributed by atoms with Gasteiger partial charge in [0.15, 0.2) is 5.82 Å². The van der Waals surface area contributed by atoms with E-state index in [1.165, 1.54) is 11.1 Å². The number of benzene rings is 2. The summed E-state index contributed by atoms with van der Waals surface area (Å²) < 4.78 is 0. The van der Waals surface area contributed by atoms with Crippen molar-refractivity contribution in [1.82, 2.24) is 14.9 Å². The van der Waals surface area contributed by atoms with Crippen LogP contribution in [0.5, 0.6) is 0 Å². The summed E-state index contributed by atoms with van der Waals surface area (Å²) in [6, 6.07) is 18.4. The summed E-state index contributed by atoms with van der Waals surface area (Å²) in [6.07, 6.45) is 0. The molecule has 0 fully saturated rings. The third kappa shape index (κ3) is 5.28. The Labute approximate surface area is 161 Å². The van der Waals surface area contributed by atoms with Crippen molar-refractivity contribution in [2.45, 2.75) is 13.8 Å². The Bertz CT molecular complexity index is 890. The number of rotatable bonds is 7. The first-order valence-electron chi connectivity index (χ1n) is 9.18. The molecule has 5 nitrogen and oxygen atoms in total. The minimum absolute atomic E-state index is 0.706. The van der Waals surface area contributed by atoms with E-state index in [2.05, 4.69) is 61.7 Å². The summed E-state index contributed by atoms with van der Waals surface area (Å²) >= 11 is 0. The quantitative estimate of drug-likeness (QED) is 0.650.